The topological polar surface area (TPSA) is 62.9 Å². The van der Waals surface area contributed by atoms with E-state index < -0.39 is 5.82 Å². The molecule has 3 aromatic rings. The van der Waals surface area contributed by atoms with Crippen molar-refractivity contribution in [3.05, 3.63) is 45.8 Å². The Labute approximate surface area is 146 Å². The molecule has 1 N–H and O–H groups in total. The Morgan fingerprint density at radius 2 is 2.12 bits per heavy atom. The van der Waals surface area contributed by atoms with Crippen LogP contribution in [-0.4, -0.2) is 50.9 Å². The van der Waals surface area contributed by atoms with Crippen LogP contribution in [0.4, 0.5) is 4.39 Å². The van der Waals surface area contributed by atoms with E-state index in [1.807, 2.05) is 0 Å². The number of fused-ring (bicyclic) bond motifs is 1. The Hall–Kier alpha value is -1.74. The average molecular weight is 369 g/mol. The highest BCUT2D eigenvalue weighted by molar-refractivity contribution is 7.17. The number of halogens is 2. The highest BCUT2D eigenvalue weighted by Crippen LogP contribution is 2.40. The molecule has 1 aromatic carbocycles. The molecule has 24 heavy (non-hydrogen) atoms. The fraction of sp³-hybridized carbons (Fsp3) is 0.333. The summed E-state index contributed by atoms with van der Waals surface area (Å²) in [5, 5.41) is 14.7. The third-order valence-corrected chi connectivity index (χ3v) is 5.43. The molecule has 126 valence electrons. The van der Waals surface area contributed by atoms with Crippen LogP contribution in [0.15, 0.2) is 24.5 Å². The Bertz CT molecular complexity index is 878. The monoisotopic (exact) mass is 368 g/mol. The van der Waals surface area contributed by atoms with Gasteiger partial charge in [-0.25, -0.2) is 9.37 Å². The van der Waals surface area contributed by atoms with E-state index >= 15 is 0 Å². The van der Waals surface area contributed by atoms with Gasteiger partial charge in [0.15, 0.2) is 0 Å². The number of nitrogens with zero attached hydrogens (tertiary/aromatic N) is 4. The molecular formula is C15H14ClFN4O2S. The van der Waals surface area contributed by atoms with E-state index in [0.717, 1.165) is 5.56 Å². The van der Waals surface area contributed by atoms with Crippen molar-refractivity contribution in [2.45, 2.75) is 6.04 Å². The number of thiazole rings is 1. The van der Waals surface area contributed by atoms with Gasteiger partial charge in [-0.05, 0) is 17.7 Å². The van der Waals surface area contributed by atoms with Crippen LogP contribution in [0.5, 0.6) is 5.88 Å². The van der Waals surface area contributed by atoms with Gasteiger partial charge in [0.05, 0.1) is 29.2 Å². The lowest BCUT2D eigenvalue weighted by Crippen LogP contribution is -2.39. The maximum atomic E-state index is 13.6. The first-order chi connectivity index (χ1) is 11.6. The zero-order chi connectivity index (χ0) is 16.7. The fourth-order valence-corrected chi connectivity index (χ4v) is 4.20. The first-order valence-electron chi connectivity index (χ1n) is 7.43. The van der Waals surface area contributed by atoms with E-state index in [4.69, 9.17) is 16.3 Å². The number of morpholine rings is 1. The van der Waals surface area contributed by atoms with E-state index in [1.54, 1.807) is 12.1 Å². The Morgan fingerprint density at radius 1 is 1.33 bits per heavy atom. The molecule has 0 unspecified atom stereocenters. The summed E-state index contributed by atoms with van der Waals surface area (Å²) in [7, 11) is 0. The van der Waals surface area contributed by atoms with Crippen LogP contribution in [0.25, 0.3) is 4.96 Å². The Kier molecular flexibility index (Phi) is 4.13. The first kappa shape index (κ1) is 15.8. The van der Waals surface area contributed by atoms with Gasteiger partial charge in [0.2, 0.25) is 10.8 Å². The van der Waals surface area contributed by atoms with Crippen LogP contribution in [0.3, 0.4) is 0 Å². The molecule has 4 rings (SSSR count). The van der Waals surface area contributed by atoms with Gasteiger partial charge in [0, 0.05) is 13.1 Å². The third-order valence-electron chi connectivity index (χ3n) is 4.06. The van der Waals surface area contributed by atoms with Crippen LogP contribution in [-0.2, 0) is 4.74 Å². The lowest BCUT2D eigenvalue weighted by atomic mass is 10.0. The van der Waals surface area contributed by atoms with Crippen molar-refractivity contribution in [3.8, 4) is 5.88 Å². The molecule has 0 saturated carbocycles. The van der Waals surface area contributed by atoms with E-state index in [0.29, 0.717) is 36.1 Å². The Morgan fingerprint density at radius 3 is 2.83 bits per heavy atom. The van der Waals surface area contributed by atoms with Crippen LogP contribution in [0.1, 0.15) is 16.5 Å². The second kappa shape index (κ2) is 6.29. The maximum absolute atomic E-state index is 13.6. The molecule has 0 aliphatic carbocycles. The van der Waals surface area contributed by atoms with Crippen molar-refractivity contribution in [2.24, 2.45) is 0 Å². The number of ether oxygens (including phenoxy) is 1. The van der Waals surface area contributed by atoms with Crippen LogP contribution in [0.2, 0.25) is 5.02 Å². The molecule has 2 aromatic heterocycles. The summed E-state index contributed by atoms with van der Waals surface area (Å²) < 4.78 is 20.4. The SMILES string of the molecule is Oc1c([C@@H](c2ccc(F)c(Cl)c2)N2CCOCC2)sc2ncnn12. The predicted molar refractivity (Wildman–Crippen MR) is 88.2 cm³/mol. The number of aromatic nitrogens is 3. The zero-order valence-corrected chi connectivity index (χ0v) is 14.1. The average Bonchev–Trinajstić information content (AvgIpc) is 3.16. The molecule has 3 heterocycles. The minimum absolute atomic E-state index is 0.0458. The number of rotatable bonds is 3. The molecule has 9 heteroatoms. The van der Waals surface area contributed by atoms with E-state index in [2.05, 4.69) is 15.0 Å². The van der Waals surface area contributed by atoms with Crippen LogP contribution < -0.4 is 0 Å². The van der Waals surface area contributed by atoms with Crippen molar-refractivity contribution in [2.75, 3.05) is 26.3 Å². The summed E-state index contributed by atoms with van der Waals surface area (Å²) in [5.41, 5.74) is 0.808. The smallest absolute Gasteiger partial charge is 0.230 e. The van der Waals surface area contributed by atoms with E-state index in [9.17, 15) is 9.50 Å². The molecule has 1 aliphatic heterocycles. The van der Waals surface area contributed by atoms with Gasteiger partial charge >= 0.3 is 0 Å². The molecule has 6 nitrogen and oxygen atoms in total. The molecule has 1 saturated heterocycles. The molecule has 0 radical (unpaired) electrons. The lowest BCUT2D eigenvalue weighted by Gasteiger charge is -2.34. The van der Waals surface area contributed by atoms with E-state index in [-0.39, 0.29) is 16.9 Å². The van der Waals surface area contributed by atoms with Crippen molar-refractivity contribution >= 4 is 27.9 Å². The summed E-state index contributed by atoms with van der Waals surface area (Å²) >= 11 is 7.33. The second-order valence-corrected chi connectivity index (χ2v) is 6.89. The molecule has 1 fully saturated rings. The standard InChI is InChI=1S/C15H14ClFN4O2S/c16-10-7-9(1-2-11(10)17)12(20-3-5-23-6-4-20)13-14(22)21-15(24-13)18-8-19-21/h1-2,7-8,12,22H,3-6H2/t12-/m1/s1. The van der Waals surface area contributed by atoms with E-state index in [1.165, 1.54) is 28.2 Å². The van der Waals surface area contributed by atoms with Crippen LogP contribution in [0, 0.1) is 5.82 Å². The highest BCUT2D eigenvalue weighted by Gasteiger charge is 2.30. The number of aromatic hydroxyl groups is 1. The normalized spacial score (nSPS) is 17.4. The van der Waals surface area contributed by atoms with Gasteiger partial charge in [-0.3, -0.25) is 4.90 Å². The molecule has 1 aliphatic rings. The predicted octanol–water partition coefficient (Wildman–Crippen LogP) is 2.71. The number of hydrogen-bond donors (Lipinski definition) is 1. The minimum Gasteiger partial charge on any atom is -0.492 e. The quantitative estimate of drug-likeness (QED) is 0.770. The van der Waals surface area contributed by atoms with Gasteiger partial charge in [-0.1, -0.05) is 29.0 Å². The molecular weight excluding hydrogens is 355 g/mol. The Balaban J connectivity index is 1.84. The highest BCUT2D eigenvalue weighted by atomic mass is 35.5. The summed E-state index contributed by atoms with van der Waals surface area (Å²) in [5.74, 6) is -0.419. The van der Waals surface area contributed by atoms with Gasteiger partial charge in [-0.15, -0.1) is 0 Å². The third kappa shape index (κ3) is 2.65. The first-order valence-corrected chi connectivity index (χ1v) is 8.62. The second-order valence-electron chi connectivity index (χ2n) is 5.47. The lowest BCUT2D eigenvalue weighted by molar-refractivity contribution is 0.0241. The minimum atomic E-state index is -0.465. The molecule has 0 bridgehead atoms. The number of hydrogen-bond acceptors (Lipinski definition) is 6. The molecule has 1 atom stereocenters. The van der Waals surface area contributed by atoms with Gasteiger partial charge in [-0.2, -0.15) is 9.61 Å². The van der Waals surface area contributed by atoms with Crippen molar-refractivity contribution in [1.82, 2.24) is 19.5 Å². The molecule has 0 amide bonds. The maximum Gasteiger partial charge on any atom is 0.230 e. The number of benzene rings is 1. The summed E-state index contributed by atoms with van der Waals surface area (Å²) in [6.45, 7) is 2.61. The van der Waals surface area contributed by atoms with Crippen molar-refractivity contribution < 1.29 is 14.2 Å². The summed E-state index contributed by atoms with van der Waals surface area (Å²) in [4.78, 5) is 7.62. The summed E-state index contributed by atoms with van der Waals surface area (Å²) in [6, 6.07) is 4.38. The molecule has 0 spiro atoms. The van der Waals surface area contributed by atoms with Crippen LogP contribution >= 0.6 is 22.9 Å². The largest absolute Gasteiger partial charge is 0.492 e. The van der Waals surface area contributed by atoms with Gasteiger partial charge in [0.1, 0.15) is 12.1 Å². The van der Waals surface area contributed by atoms with Gasteiger partial charge < -0.3 is 9.84 Å². The fourth-order valence-electron chi connectivity index (χ4n) is 2.92. The van der Waals surface area contributed by atoms with Gasteiger partial charge in [0.25, 0.3) is 0 Å². The summed E-state index contributed by atoms with van der Waals surface area (Å²) in [6.07, 6.45) is 1.40. The van der Waals surface area contributed by atoms with Crippen molar-refractivity contribution in [3.63, 3.8) is 0 Å². The zero-order valence-electron chi connectivity index (χ0n) is 12.5. The van der Waals surface area contributed by atoms with Crippen molar-refractivity contribution in [1.29, 1.82) is 0 Å².